The summed E-state index contributed by atoms with van der Waals surface area (Å²) in [4.78, 5) is 137. The summed E-state index contributed by atoms with van der Waals surface area (Å²) in [5.41, 5.74) is 0.482. The van der Waals surface area contributed by atoms with Gasteiger partial charge in [0, 0.05) is 75.4 Å². The molecular formula is C76H107N9O26. The van der Waals surface area contributed by atoms with Crippen LogP contribution >= 0.6 is 0 Å². The Morgan fingerprint density at radius 2 is 1.07 bits per heavy atom. The van der Waals surface area contributed by atoms with Gasteiger partial charge in [-0.15, -0.1) is 0 Å². The molecule has 0 aromatic heterocycles. The number of hydrogen-bond acceptors (Lipinski definition) is 26. The number of aliphatic hydroxyl groups is 2. The number of benzene rings is 3. The minimum absolute atomic E-state index is 0.0212. The highest BCUT2D eigenvalue weighted by Gasteiger charge is 2.47. The standard InChI is InChI=1S/C76H107N9O26/c1-49(2)68(80-65(88)20-27-100-29-31-102-33-35-104-37-39-106-41-42-107-40-38-105-36-34-103-32-30-101-28-21-77-64(87)19-24-83-66(89)16-17-67(83)90)70(92)78-50(3)69(91)79-52-14-12-51(13-15-52)48-110-74(96)84-47-58-59(86)18-23-82(58)71(93)53-43-60(98-7)62(45-56(53)84)108-25-10-26-109-63-46-57-54(44-61(63)99-8)72(94)81-22-9-11-55(81)73(95)85(57)75(97)111-76(4,5)6/h12-17,43-46,49-50,55,58-59,68,73,86,95H,9-11,18-42,47-48H2,1-8H3,(H,77,87)(H,78,92)(H,79,91)(H,80,88)/t50-,55-,58-,59?,68-,73-/m0/s1. The van der Waals surface area contributed by atoms with Crippen LogP contribution in [0.15, 0.2) is 60.7 Å². The maximum atomic E-state index is 14.3. The van der Waals surface area contributed by atoms with E-state index in [1.165, 1.54) is 67.4 Å². The number of rotatable bonds is 46. The van der Waals surface area contributed by atoms with Gasteiger partial charge in [0.25, 0.3) is 23.6 Å². The fourth-order valence-corrected chi connectivity index (χ4v) is 12.4. The Morgan fingerprint density at radius 1 is 0.559 bits per heavy atom. The number of nitrogens with one attached hydrogen (secondary N) is 4. The number of hydrogen-bond donors (Lipinski definition) is 6. The molecule has 0 saturated carbocycles. The Labute approximate surface area is 645 Å². The summed E-state index contributed by atoms with van der Waals surface area (Å²) in [5, 5.41) is 33.6. The summed E-state index contributed by atoms with van der Waals surface area (Å²) in [6.07, 6.45) is 0.0179. The molecule has 1 unspecified atom stereocenters. The molecule has 8 rings (SSSR count). The van der Waals surface area contributed by atoms with Crippen molar-refractivity contribution in [2.24, 2.45) is 5.92 Å². The predicted molar refractivity (Wildman–Crippen MR) is 397 cm³/mol. The Balaban J connectivity index is 0.675. The third kappa shape index (κ3) is 26.1. The van der Waals surface area contributed by atoms with Crippen LogP contribution in [0, 0.1) is 5.92 Å². The molecule has 3 aromatic rings. The summed E-state index contributed by atoms with van der Waals surface area (Å²) in [6, 6.07) is 9.01. The van der Waals surface area contributed by atoms with E-state index in [2.05, 4.69) is 21.3 Å². The molecule has 111 heavy (non-hydrogen) atoms. The maximum absolute atomic E-state index is 14.3. The van der Waals surface area contributed by atoms with E-state index >= 15 is 0 Å². The van der Waals surface area contributed by atoms with Crippen molar-refractivity contribution < 1.29 is 124 Å². The minimum Gasteiger partial charge on any atom is -0.493 e. The van der Waals surface area contributed by atoms with Crippen LogP contribution in [0.3, 0.4) is 0 Å². The lowest BCUT2D eigenvalue weighted by molar-refractivity contribution is -0.137. The van der Waals surface area contributed by atoms with E-state index in [-0.39, 0.29) is 142 Å². The third-order valence-electron chi connectivity index (χ3n) is 18.2. The zero-order chi connectivity index (χ0) is 80.0. The number of methoxy groups -OCH3 is 2. The second kappa shape index (κ2) is 44.1. The van der Waals surface area contributed by atoms with Crippen molar-refractivity contribution in [1.29, 1.82) is 0 Å². The molecule has 6 N–H and O–H groups in total. The Morgan fingerprint density at radius 3 is 1.60 bits per heavy atom. The van der Waals surface area contributed by atoms with E-state index in [0.29, 0.717) is 129 Å². The van der Waals surface area contributed by atoms with Crippen LogP contribution in [0.2, 0.25) is 0 Å². The first-order valence-corrected chi connectivity index (χ1v) is 37.4. The van der Waals surface area contributed by atoms with Gasteiger partial charge < -0.3 is 108 Å². The van der Waals surface area contributed by atoms with Crippen molar-refractivity contribution in [3.8, 4) is 23.0 Å². The van der Waals surface area contributed by atoms with E-state index < -0.39 is 89.7 Å². The van der Waals surface area contributed by atoms with Gasteiger partial charge in [-0.1, -0.05) is 26.0 Å². The monoisotopic (exact) mass is 1560 g/mol. The predicted octanol–water partition coefficient (Wildman–Crippen LogP) is 3.50. The number of anilines is 3. The first-order chi connectivity index (χ1) is 53.4. The summed E-state index contributed by atoms with van der Waals surface area (Å²) >= 11 is 0. The van der Waals surface area contributed by atoms with E-state index in [0.717, 1.165) is 9.80 Å². The summed E-state index contributed by atoms with van der Waals surface area (Å²) in [6.45, 7) is 16.2. The lowest BCUT2D eigenvalue weighted by Crippen LogP contribution is -2.53. The average Bonchev–Trinajstić information content (AvgIpc) is 1.65. The Bertz CT molecular complexity index is 3630. The smallest absolute Gasteiger partial charge is 0.417 e. The van der Waals surface area contributed by atoms with Crippen LogP contribution in [0.5, 0.6) is 23.0 Å². The highest BCUT2D eigenvalue weighted by Crippen LogP contribution is 2.43. The molecule has 5 heterocycles. The first-order valence-electron chi connectivity index (χ1n) is 37.4. The van der Waals surface area contributed by atoms with Crippen molar-refractivity contribution in [3.63, 3.8) is 0 Å². The lowest BCUT2D eigenvalue weighted by Gasteiger charge is -2.33. The van der Waals surface area contributed by atoms with Gasteiger partial charge in [-0.3, -0.25) is 48.2 Å². The second-order valence-corrected chi connectivity index (χ2v) is 27.8. The van der Waals surface area contributed by atoms with Crippen LogP contribution in [0.25, 0.3) is 0 Å². The van der Waals surface area contributed by atoms with E-state index in [1.54, 1.807) is 63.8 Å². The highest BCUT2D eigenvalue weighted by molar-refractivity contribution is 6.13. The summed E-state index contributed by atoms with van der Waals surface area (Å²) in [7, 11) is 2.83. The third-order valence-corrected chi connectivity index (χ3v) is 18.2. The van der Waals surface area contributed by atoms with E-state index in [1.807, 2.05) is 0 Å². The topological polar surface area (TPSA) is 405 Å². The van der Waals surface area contributed by atoms with Gasteiger partial charge in [-0.2, -0.15) is 0 Å². The summed E-state index contributed by atoms with van der Waals surface area (Å²) in [5.74, 6) is -3.02. The molecule has 2 fully saturated rings. The number of nitrogens with zero attached hydrogens (tertiary/aromatic N) is 5. The largest absolute Gasteiger partial charge is 0.493 e. The number of ether oxygens (including phenoxy) is 14. The Hall–Kier alpha value is -9.30. The van der Waals surface area contributed by atoms with Gasteiger partial charge in [-0.05, 0) is 82.7 Å². The number of imide groups is 1. The van der Waals surface area contributed by atoms with Crippen LogP contribution in [0.1, 0.15) is 106 Å². The van der Waals surface area contributed by atoms with Gasteiger partial charge in [0.05, 0.1) is 180 Å². The molecule has 6 atom stereocenters. The van der Waals surface area contributed by atoms with Gasteiger partial charge in [0.2, 0.25) is 23.6 Å². The number of amides is 10. The number of carbonyl (C=O) groups excluding carboxylic acids is 10. The molecule has 10 amide bonds. The van der Waals surface area contributed by atoms with Crippen LogP contribution in [-0.4, -0.2) is 292 Å². The molecule has 35 nitrogen and oxygen atoms in total. The van der Waals surface area contributed by atoms with Crippen molar-refractivity contribution >= 4 is 76.5 Å². The highest BCUT2D eigenvalue weighted by atomic mass is 16.6. The van der Waals surface area contributed by atoms with Crippen molar-refractivity contribution in [2.75, 3.05) is 181 Å². The van der Waals surface area contributed by atoms with Gasteiger partial charge in [-0.25, -0.2) is 14.5 Å². The fraction of sp³-hybridized carbons (Fsp3) is 0.605. The van der Waals surface area contributed by atoms with Crippen LogP contribution in [-0.2, 0) is 82.7 Å². The second-order valence-electron chi connectivity index (χ2n) is 27.8. The molecule has 0 bridgehead atoms. The quantitative estimate of drug-likeness (QED) is 0.0348. The van der Waals surface area contributed by atoms with Crippen molar-refractivity contribution in [3.05, 3.63) is 77.4 Å². The van der Waals surface area contributed by atoms with Gasteiger partial charge in [0.1, 0.15) is 24.3 Å². The SMILES string of the molecule is COc1cc2c(cc1OCCCOc1cc3c(cc1OC)C(=O)N1CCC[C@H]1[C@H](O)N3C(=O)OC(C)(C)C)N(C(=O)OCc1ccc(NC(=O)[C@H](C)NC(=O)[C@@H](NC(=O)CCOCCOCCOCCOCCOCCOCCOCCOCCNC(=O)CCN3C(=O)C=CC3=O)C(C)C)cc1)C[C@H]1C(O)CCN1C2=O. The molecule has 612 valence electrons. The lowest BCUT2D eigenvalue weighted by atomic mass is 10.0. The van der Waals surface area contributed by atoms with Crippen molar-refractivity contribution in [1.82, 2.24) is 30.7 Å². The van der Waals surface area contributed by atoms with Gasteiger partial charge >= 0.3 is 12.2 Å². The normalized spacial score (nSPS) is 17.8. The zero-order valence-electron chi connectivity index (χ0n) is 64.5. The molecule has 5 aliphatic rings. The van der Waals surface area contributed by atoms with Crippen LogP contribution in [0.4, 0.5) is 26.7 Å². The molecule has 0 radical (unpaired) electrons. The molecule has 0 aliphatic carbocycles. The maximum Gasteiger partial charge on any atom is 0.417 e. The van der Waals surface area contributed by atoms with E-state index in [4.69, 9.17) is 66.3 Å². The molecular weight excluding hydrogens is 1450 g/mol. The minimum atomic E-state index is -1.41. The first kappa shape index (κ1) is 87.3. The number of fused-ring (bicyclic) bond motifs is 4. The molecule has 5 aliphatic heterocycles. The number of aliphatic hydroxyl groups excluding tert-OH is 2. The average molecular weight is 1560 g/mol. The van der Waals surface area contributed by atoms with Gasteiger partial charge in [0.15, 0.2) is 29.2 Å². The molecule has 0 spiro atoms. The Kier molecular flexibility index (Phi) is 34.7. The number of carbonyl (C=O) groups is 10. The fourth-order valence-electron chi connectivity index (χ4n) is 12.4. The van der Waals surface area contributed by atoms with Crippen molar-refractivity contribution in [2.45, 2.75) is 129 Å². The molecule has 2 saturated heterocycles. The molecule has 3 aromatic carbocycles. The zero-order valence-corrected chi connectivity index (χ0v) is 64.5. The molecule has 35 heteroatoms. The van der Waals surface area contributed by atoms with E-state index in [9.17, 15) is 58.2 Å². The summed E-state index contributed by atoms with van der Waals surface area (Å²) < 4.78 is 79.4. The van der Waals surface area contributed by atoms with Crippen LogP contribution < -0.4 is 50.0 Å².